The van der Waals surface area contributed by atoms with Crippen molar-refractivity contribution >= 4 is 22.4 Å². The van der Waals surface area contributed by atoms with E-state index in [2.05, 4.69) is 10.5 Å². The van der Waals surface area contributed by atoms with E-state index in [-0.39, 0.29) is 11.7 Å². The van der Waals surface area contributed by atoms with E-state index in [9.17, 15) is 9.00 Å². The van der Waals surface area contributed by atoms with Gasteiger partial charge in [-0.05, 0) is 32.9 Å². The van der Waals surface area contributed by atoms with Crippen LogP contribution in [0, 0.1) is 13.8 Å². The smallest absolute Gasteiger partial charge is 0.239 e. The lowest BCUT2D eigenvalue weighted by molar-refractivity contribution is -0.115. The van der Waals surface area contributed by atoms with Crippen LogP contribution in [0.3, 0.4) is 0 Å². The molecule has 21 heavy (non-hydrogen) atoms. The number of carbonyl (C=O) groups is 1. The third kappa shape index (κ3) is 3.78. The first kappa shape index (κ1) is 15.4. The Morgan fingerprint density at radius 1 is 1.33 bits per heavy atom. The van der Waals surface area contributed by atoms with Crippen LogP contribution in [-0.2, 0) is 21.3 Å². The minimum absolute atomic E-state index is 0.258. The summed E-state index contributed by atoms with van der Waals surface area (Å²) in [6, 6.07) is 9.13. The first-order chi connectivity index (χ1) is 9.99. The fraction of sp³-hybridized carbons (Fsp3) is 0.333. The summed E-state index contributed by atoms with van der Waals surface area (Å²) >= 11 is 0. The number of benzene rings is 1. The number of aromatic nitrogens is 1. The van der Waals surface area contributed by atoms with Crippen molar-refractivity contribution in [2.45, 2.75) is 31.8 Å². The lowest BCUT2D eigenvalue weighted by atomic mass is 10.2. The molecule has 0 radical (unpaired) electrons. The zero-order valence-electron chi connectivity index (χ0n) is 12.3. The summed E-state index contributed by atoms with van der Waals surface area (Å²) in [5, 5.41) is 5.98. The van der Waals surface area contributed by atoms with Crippen LogP contribution in [0.1, 0.15) is 23.9 Å². The Hall–Kier alpha value is -1.95. The second kappa shape index (κ2) is 6.67. The molecule has 0 aliphatic carbocycles. The highest BCUT2D eigenvalue weighted by atomic mass is 32.2. The molecule has 0 saturated carbocycles. The van der Waals surface area contributed by atoms with Gasteiger partial charge in [0.2, 0.25) is 5.91 Å². The van der Waals surface area contributed by atoms with Crippen molar-refractivity contribution < 1.29 is 13.5 Å². The van der Waals surface area contributed by atoms with Gasteiger partial charge in [-0.15, -0.1) is 0 Å². The van der Waals surface area contributed by atoms with Gasteiger partial charge < -0.3 is 9.84 Å². The van der Waals surface area contributed by atoms with E-state index in [0.717, 1.165) is 11.3 Å². The summed E-state index contributed by atoms with van der Waals surface area (Å²) < 4.78 is 17.4. The average Bonchev–Trinajstić information content (AvgIpc) is 2.79. The number of hydrogen-bond acceptors (Lipinski definition) is 4. The van der Waals surface area contributed by atoms with Gasteiger partial charge in [0.1, 0.15) is 11.0 Å². The number of hydrogen-bond donors (Lipinski definition) is 1. The molecule has 1 aromatic heterocycles. The molecule has 2 unspecified atom stereocenters. The molecule has 2 atom stereocenters. The molecule has 1 N–H and O–H groups in total. The summed E-state index contributed by atoms with van der Waals surface area (Å²) in [7, 11) is -1.33. The molecule has 0 aliphatic heterocycles. The van der Waals surface area contributed by atoms with Gasteiger partial charge >= 0.3 is 0 Å². The van der Waals surface area contributed by atoms with Crippen molar-refractivity contribution in [2.75, 3.05) is 5.32 Å². The van der Waals surface area contributed by atoms with E-state index in [1.54, 1.807) is 32.9 Å². The maximum Gasteiger partial charge on any atom is 0.239 e. The Bertz CT molecular complexity index is 633. The molecule has 0 saturated heterocycles. The Kier molecular flexibility index (Phi) is 4.90. The third-order valence-electron chi connectivity index (χ3n) is 3.27. The maximum atomic E-state index is 12.3. The lowest BCUT2D eigenvalue weighted by Crippen LogP contribution is -2.29. The maximum absolute atomic E-state index is 12.3. The number of aryl methyl sites for hydroxylation is 2. The molecule has 0 spiro atoms. The first-order valence-electron chi connectivity index (χ1n) is 6.64. The number of rotatable bonds is 5. The second-order valence-corrected chi connectivity index (χ2v) is 6.58. The molecule has 0 bridgehead atoms. The zero-order valence-corrected chi connectivity index (χ0v) is 13.1. The Morgan fingerprint density at radius 2 is 2.00 bits per heavy atom. The Morgan fingerprint density at radius 3 is 2.57 bits per heavy atom. The summed E-state index contributed by atoms with van der Waals surface area (Å²) in [4.78, 5) is 12.1. The van der Waals surface area contributed by atoms with Crippen molar-refractivity contribution in [2.24, 2.45) is 0 Å². The average molecular weight is 306 g/mol. The van der Waals surface area contributed by atoms with E-state index < -0.39 is 16.0 Å². The van der Waals surface area contributed by atoms with Crippen LogP contribution in [0.2, 0.25) is 0 Å². The van der Waals surface area contributed by atoms with Gasteiger partial charge in [-0.25, -0.2) is 0 Å². The molecule has 112 valence electrons. The van der Waals surface area contributed by atoms with Crippen molar-refractivity contribution in [1.29, 1.82) is 0 Å². The Balaban J connectivity index is 2.01. The van der Waals surface area contributed by atoms with Crippen LogP contribution < -0.4 is 5.32 Å². The molecule has 1 amide bonds. The van der Waals surface area contributed by atoms with Crippen molar-refractivity contribution in [3.63, 3.8) is 0 Å². The molecule has 5 nitrogen and oxygen atoms in total. The van der Waals surface area contributed by atoms with Gasteiger partial charge in [-0.2, -0.15) is 0 Å². The number of amides is 1. The first-order valence-corrected chi connectivity index (χ1v) is 8.02. The van der Waals surface area contributed by atoms with Crippen LogP contribution in [-0.4, -0.2) is 20.5 Å². The summed E-state index contributed by atoms with van der Waals surface area (Å²) in [5.41, 5.74) is 2.23. The summed E-state index contributed by atoms with van der Waals surface area (Å²) in [6.45, 7) is 5.24. The van der Waals surface area contributed by atoms with Gasteiger partial charge in [0, 0.05) is 22.1 Å². The van der Waals surface area contributed by atoms with E-state index in [0.29, 0.717) is 11.4 Å². The van der Waals surface area contributed by atoms with Crippen LogP contribution in [0.4, 0.5) is 5.69 Å². The molecule has 0 aliphatic rings. The minimum Gasteiger partial charge on any atom is -0.361 e. The summed E-state index contributed by atoms with van der Waals surface area (Å²) in [5.74, 6) is 0.660. The van der Waals surface area contributed by atoms with E-state index in [1.165, 1.54) is 0 Å². The molecule has 2 aromatic rings. The molecular weight excluding hydrogens is 288 g/mol. The van der Waals surface area contributed by atoms with Crippen LogP contribution >= 0.6 is 0 Å². The number of carbonyl (C=O) groups excluding carboxylic acids is 1. The topological polar surface area (TPSA) is 72.2 Å². The fourth-order valence-electron chi connectivity index (χ4n) is 1.86. The largest absolute Gasteiger partial charge is 0.361 e. The van der Waals surface area contributed by atoms with Gasteiger partial charge in [0.25, 0.3) is 0 Å². The van der Waals surface area contributed by atoms with Gasteiger partial charge in [-0.1, -0.05) is 23.4 Å². The van der Waals surface area contributed by atoms with Gasteiger partial charge in [0.05, 0.1) is 11.4 Å². The predicted molar refractivity (Wildman–Crippen MR) is 82.4 cm³/mol. The number of nitrogens with zero attached hydrogens (tertiary/aromatic N) is 1. The number of nitrogens with one attached hydrogen (secondary N) is 1. The second-order valence-electron chi connectivity index (χ2n) is 4.83. The molecular formula is C15H18N2O3S. The van der Waals surface area contributed by atoms with Crippen molar-refractivity contribution in [1.82, 2.24) is 5.16 Å². The molecule has 2 rings (SSSR count). The predicted octanol–water partition coefficient (Wildman–Crippen LogP) is 2.57. The highest BCUT2D eigenvalue weighted by Gasteiger charge is 2.22. The Labute approximate surface area is 126 Å². The van der Waals surface area contributed by atoms with Crippen molar-refractivity contribution in [3.05, 3.63) is 47.3 Å². The van der Waals surface area contributed by atoms with Crippen LogP contribution in [0.5, 0.6) is 0 Å². The van der Waals surface area contributed by atoms with E-state index >= 15 is 0 Å². The fourth-order valence-corrected chi connectivity index (χ4v) is 3.10. The summed E-state index contributed by atoms with van der Waals surface area (Å²) in [6.07, 6.45) is 0. The molecule has 1 heterocycles. The molecule has 1 aromatic carbocycles. The van der Waals surface area contributed by atoms with Crippen LogP contribution in [0.15, 0.2) is 34.9 Å². The van der Waals surface area contributed by atoms with E-state index in [1.807, 2.05) is 18.2 Å². The highest BCUT2D eigenvalue weighted by molar-refractivity contribution is 7.85. The molecule has 6 heteroatoms. The van der Waals surface area contributed by atoms with Gasteiger partial charge in [-0.3, -0.25) is 9.00 Å². The standard InChI is InChI=1S/C15H18N2O3S/c1-10-14(11(2)20-17-10)9-21(19)12(3)15(18)16-13-7-5-4-6-8-13/h4-8,12H,9H2,1-3H3,(H,16,18). The third-order valence-corrected chi connectivity index (χ3v) is 4.85. The lowest BCUT2D eigenvalue weighted by Gasteiger charge is -2.12. The van der Waals surface area contributed by atoms with Gasteiger partial charge in [0.15, 0.2) is 0 Å². The SMILES string of the molecule is Cc1noc(C)c1CS(=O)C(C)C(=O)Nc1ccccc1. The highest BCUT2D eigenvalue weighted by Crippen LogP contribution is 2.17. The van der Waals surface area contributed by atoms with Crippen LogP contribution in [0.25, 0.3) is 0 Å². The number of para-hydroxylation sites is 1. The minimum atomic E-state index is -1.33. The van der Waals surface area contributed by atoms with Crippen molar-refractivity contribution in [3.8, 4) is 0 Å². The zero-order chi connectivity index (χ0) is 15.4. The molecule has 0 fully saturated rings. The van der Waals surface area contributed by atoms with E-state index in [4.69, 9.17) is 4.52 Å². The number of anilines is 1. The quantitative estimate of drug-likeness (QED) is 0.921. The normalized spacial score (nSPS) is 13.7. The monoisotopic (exact) mass is 306 g/mol.